The summed E-state index contributed by atoms with van der Waals surface area (Å²) >= 11 is 0. The number of hydrogen-bond acceptors (Lipinski definition) is 6. The van der Waals surface area contributed by atoms with Crippen molar-refractivity contribution in [1.82, 2.24) is 19.7 Å². The van der Waals surface area contributed by atoms with Crippen molar-refractivity contribution in [3.63, 3.8) is 0 Å². The van der Waals surface area contributed by atoms with Crippen molar-refractivity contribution in [3.8, 4) is 5.88 Å². The van der Waals surface area contributed by atoms with Crippen molar-refractivity contribution in [2.24, 2.45) is 7.05 Å². The van der Waals surface area contributed by atoms with Gasteiger partial charge in [-0.15, -0.1) is 0 Å². The minimum atomic E-state index is 0.462. The molecule has 0 bridgehead atoms. The first-order valence-corrected chi connectivity index (χ1v) is 6.16. The van der Waals surface area contributed by atoms with Gasteiger partial charge in [0.1, 0.15) is 12.1 Å². The monoisotopic (exact) mass is 262 g/mol. The largest absolute Gasteiger partial charge is 0.476 e. The Balaban J connectivity index is 1.90. The van der Waals surface area contributed by atoms with E-state index in [1.165, 1.54) is 0 Å². The second kappa shape index (κ2) is 6.03. The van der Waals surface area contributed by atoms with Crippen LogP contribution in [-0.2, 0) is 13.5 Å². The molecule has 3 N–H and O–H groups in total. The Morgan fingerprint density at radius 3 is 2.95 bits per heavy atom. The third-order valence-electron chi connectivity index (χ3n) is 2.47. The van der Waals surface area contributed by atoms with Crippen molar-refractivity contribution in [1.29, 1.82) is 0 Å². The summed E-state index contributed by atoms with van der Waals surface area (Å²) in [6, 6.07) is 3.60. The number of nitrogen functional groups attached to an aromatic ring is 1. The molecule has 102 valence electrons. The number of anilines is 2. The van der Waals surface area contributed by atoms with Gasteiger partial charge in [-0.1, -0.05) is 0 Å². The molecular weight excluding hydrogens is 244 g/mol. The highest BCUT2D eigenvalue weighted by molar-refractivity contribution is 5.53. The second-order valence-electron chi connectivity index (χ2n) is 4.04. The van der Waals surface area contributed by atoms with Crippen LogP contribution >= 0.6 is 0 Å². The molecule has 2 aromatic rings. The summed E-state index contributed by atoms with van der Waals surface area (Å²) in [4.78, 5) is 8.45. The number of rotatable bonds is 6. The quantitative estimate of drug-likeness (QED) is 0.802. The molecule has 0 spiro atoms. The first-order valence-electron chi connectivity index (χ1n) is 6.16. The fourth-order valence-electron chi connectivity index (χ4n) is 1.60. The van der Waals surface area contributed by atoms with E-state index >= 15 is 0 Å². The Hall–Kier alpha value is -2.31. The van der Waals surface area contributed by atoms with Gasteiger partial charge in [0, 0.05) is 20.0 Å². The molecule has 0 atom stereocenters. The zero-order chi connectivity index (χ0) is 13.7. The van der Waals surface area contributed by atoms with E-state index in [1.54, 1.807) is 17.1 Å². The zero-order valence-corrected chi connectivity index (χ0v) is 11.1. The van der Waals surface area contributed by atoms with E-state index in [2.05, 4.69) is 20.4 Å². The molecular formula is C12H18N6O. The van der Waals surface area contributed by atoms with E-state index in [0.29, 0.717) is 24.7 Å². The number of ether oxygens (including phenoxy) is 1. The van der Waals surface area contributed by atoms with Crippen molar-refractivity contribution < 1.29 is 4.74 Å². The molecule has 2 heterocycles. The number of aryl methyl sites for hydroxylation is 1. The van der Waals surface area contributed by atoms with Crippen LogP contribution in [0.3, 0.4) is 0 Å². The molecule has 2 aromatic heterocycles. The standard InChI is InChI=1S/C12H18N6O/c1-3-19-12-9(13)4-5-10(16-12)14-7-6-11-15-8-18(2)17-11/h4-5,8H,3,6-7,13H2,1-2H3,(H,14,16). The highest BCUT2D eigenvalue weighted by Crippen LogP contribution is 2.20. The lowest BCUT2D eigenvalue weighted by Crippen LogP contribution is -2.09. The summed E-state index contributed by atoms with van der Waals surface area (Å²) in [7, 11) is 1.85. The first kappa shape index (κ1) is 13.1. The molecule has 7 heteroatoms. The van der Waals surface area contributed by atoms with Crippen molar-refractivity contribution >= 4 is 11.5 Å². The third-order valence-corrected chi connectivity index (χ3v) is 2.47. The highest BCUT2D eigenvalue weighted by atomic mass is 16.5. The van der Waals surface area contributed by atoms with E-state index in [1.807, 2.05) is 20.0 Å². The average molecular weight is 262 g/mol. The van der Waals surface area contributed by atoms with Gasteiger partial charge in [-0.05, 0) is 19.1 Å². The van der Waals surface area contributed by atoms with E-state index < -0.39 is 0 Å². The highest BCUT2D eigenvalue weighted by Gasteiger charge is 2.04. The summed E-state index contributed by atoms with van der Waals surface area (Å²) in [6.07, 6.45) is 2.42. The Morgan fingerprint density at radius 2 is 2.26 bits per heavy atom. The maximum Gasteiger partial charge on any atom is 0.239 e. The van der Waals surface area contributed by atoms with Gasteiger partial charge in [0.05, 0.1) is 12.3 Å². The predicted molar refractivity (Wildman–Crippen MR) is 73.0 cm³/mol. The molecule has 0 fully saturated rings. The summed E-state index contributed by atoms with van der Waals surface area (Å²) < 4.78 is 7.03. The number of pyridine rings is 1. The maximum atomic E-state index is 5.76. The predicted octanol–water partition coefficient (Wildman–Crippen LogP) is 0.846. The lowest BCUT2D eigenvalue weighted by Gasteiger charge is -2.09. The Bertz CT molecular complexity index is 539. The number of nitrogens with two attached hydrogens (primary N) is 1. The molecule has 7 nitrogen and oxygen atoms in total. The Morgan fingerprint density at radius 1 is 1.42 bits per heavy atom. The van der Waals surface area contributed by atoms with E-state index in [9.17, 15) is 0 Å². The van der Waals surface area contributed by atoms with Crippen LogP contribution in [0.1, 0.15) is 12.7 Å². The fraction of sp³-hybridized carbons (Fsp3) is 0.417. The molecule has 0 radical (unpaired) electrons. The van der Waals surface area contributed by atoms with Crippen LogP contribution in [-0.4, -0.2) is 32.9 Å². The van der Waals surface area contributed by atoms with Gasteiger partial charge >= 0.3 is 0 Å². The minimum Gasteiger partial charge on any atom is -0.476 e. The second-order valence-corrected chi connectivity index (χ2v) is 4.04. The molecule has 0 amide bonds. The van der Waals surface area contributed by atoms with Crippen LogP contribution in [0.5, 0.6) is 5.88 Å². The van der Waals surface area contributed by atoms with Crippen LogP contribution in [0.4, 0.5) is 11.5 Å². The fourth-order valence-corrected chi connectivity index (χ4v) is 1.60. The third kappa shape index (κ3) is 3.57. The van der Waals surface area contributed by atoms with Crippen LogP contribution in [0.2, 0.25) is 0 Å². The molecule has 19 heavy (non-hydrogen) atoms. The van der Waals surface area contributed by atoms with Crippen molar-refractivity contribution in [2.45, 2.75) is 13.3 Å². The first-order chi connectivity index (χ1) is 9.19. The molecule has 0 unspecified atom stereocenters. The molecule has 0 saturated carbocycles. The van der Waals surface area contributed by atoms with Crippen molar-refractivity contribution in [2.75, 3.05) is 24.2 Å². The lowest BCUT2D eigenvalue weighted by molar-refractivity contribution is 0.329. The van der Waals surface area contributed by atoms with Gasteiger partial charge in [-0.25, -0.2) is 4.98 Å². The summed E-state index contributed by atoms with van der Waals surface area (Å²) in [6.45, 7) is 3.14. The number of nitrogens with one attached hydrogen (secondary N) is 1. The maximum absolute atomic E-state index is 5.76. The average Bonchev–Trinajstić information content (AvgIpc) is 2.79. The summed E-state index contributed by atoms with van der Waals surface area (Å²) in [5.74, 6) is 1.99. The van der Waals surface area contributed by atoms with Gasteiger partial charge in [-0.2, -0.15) is 10.1 Å². The van der Waals surface area contributed by atoms with Crippen LogP contribution in [0.15, 0.2) is 18.5 Å². The van der Waals surface area contributed by atoms with Crippen molar-refractivity contribution in [3.05, 3.63) is 24.3 Å². The van der Waals surface area contributed by atoms with Gasteiger partial charge in [0.25, 0.3) is 0 Å². The molecule has 0 aliphatic heterocycles. The van der Waals surface area contributed by atoms with E-state index in [0.717, 1.165) is 18.1 Å². The Labute approximate surface area is 111 Å². The number of aromatic nitrogens is 4. The van der Waals surface area contributed by atoms with Gasteiger partial charge < -0.3 is 15.8 Å². The van der Waals surface area contributed by atoms with Gasteiger partial charge in [-0.3, -0.25) is 4.68 Å². The molecule has 2 rings (SSSR count). The number of hydrogen-bond donors (Lipinski definition) is 2. The van der Waals surface area contributed by atoms with Gasteiger partial charge in [0.15, 0.2) is 5.82 Å². The SMILES string of the molecule is CCOc1nc(NCCc2ncn(C)n2)ccc1N. The minimum absolute atomic E-state index is 0.462. The zero-order valence-electron chi connectivity index (χ0n) is 11.1. The van der Waals surface area contributed by atoms with E-state index in [-0.39, 0.29) is 0 Å². The molecule has 0 aliphatic carbocycles. The topological polar surface area (TPSA) is 90.9 Å². The molecule has 0 aliphatic rings. The van der Waals surface area contributed by atoms with Gasteiger partial charge in [0.2, 0.25) is 5.88 Å². The van der Waals surface area contributed by atoms with E-state index in [4.69, 9.17) is 10.5 Å². The molecule has 0 aromatic carbocycles. The van der Waals surface area contributed by atoms with Crippen LogP contribution in [0.25, 0.3) is 0 Å². The lowest BCUT2D eigenvalue weighted by atomic mass is 10.3. The Kier molecular flexibility index (Phi) is 4.17. The summed E-state index contributed by atoms with van der Waals surface area (Å²) in [5.41, 5.74) is 6.30. The molecule has 0 saturated heterocycles. The normalized spacial score (nSPS) is 10.4. The summed E-state index contributed by atoms with van der Waals surface area (Å²) in [5, 5.41) is 7.40. The smallest absolute Gasteiger partial charge is 0.239 e. The van der Waals surface area contributed by atoms with Crippen LogP contribution < -0.4 is 15.8 Å². The number of nitrogens with zero attached hydrogens (tertiary/aromatic N) is 4. The van der Waals surface area contributed by atoms with Crippen LogP contribution in [0, 0.1) is 0 Å².